The van der Waals surface area contributed by atoms with E-state index in [1.54, 1.807) is 32.4 Å². The minimum Gasteiger partial charge on any atom is -0.444 e. The summed E-state index contributed by atoms with van der Waals surface area (Å²) in [5, 5.41) is 6.94. The van der Waals surface area contributed by atoms with Gasteiger partial charge in [-0.05, 0) is 30.2 Å². The van der Waals surface area contributed by atoms with E-state index >= 15 is 0 Å². The van der Waals surface area contributed by atoms with Gasteiger partial charge in [0.05, 0.1) is 11.4 Å². The zero-order chi connectivity index (χ0) is 20.1. The minimum absolute atomic E-state index is 0.0865. The van der Waals surface area contributed by atoms with Crippen LogP contribution in [0.2, 0.25) is 0 Å². The number of carbonyl (C=O) groups is 2. The molecule has 0 saturated heterocycles. The van der Waals surface area contributed by atoms with Crippen LogP contribution >= 0.6 is 0 Å². The molecule has 1 heterocycles. The van der Waals surface area contributed by atoms with Crippen molar-refractivity contribution >= 4 is 17.8 Å². The number of H-pyrrole nitrogens is 1. The van der Waals surface area contributed by atoms with E-state index in [1.807, 2.05) is 49.4 Å². The van der Waals surface area contributed by atoms with Crippen LogP contribution in [-0.4, -0.2) is 41.3 Å². The van der Waals surface area contributed by atoms with Gasteiger partial charge < -0.3 is 9.64 Å². The smallest absolute Gasteiger partial charge is 0.423 e. The van der Waals surface area contributed by atoms with Crippen LogP contribution in [0.3, 0.4) is 0 Å². The SMILES string of the molecule is Cc1n[nH]cc1-c1ccc(N(C(=O)OCc2ccccc2)C(=O)N(C)C)cc1. The number of nitrogens with zero attached hydrogens (tertiary/aromatic N) is 3. The molecule has 0 bridgehead atoms. The van der Waals surface area contributed by atoms with E-state index in [2.05, 4.69) is 10.2 Å². The van der Waals surface area contributed by atoms with E-state index < -0.39 is 12.1 Å². The first-order chi connectivity index (χ1) is 13.5. The quantitative estimate of drug-likeness (QED) is 0.738. The molecule has 1 aromatic heterocycles. The van der Waals surface area contributed by atoms with E-state index in [4.69, 9.17) is 4.74 Å². The minimum atomic E-state index is -0.727. The summed E-state index contributed by atoms with van der Waals surface area (Å²) in [6, 6.07) is 16.0. The summed E-state index contributed by atoms with van der Waals surface area (Å²) in [6.07, 6.45) is 1.08. The summed E-state index contributed by atoms with van der Waals surface area (Å²) in [6.45, 7) is 1.99. The highest BCUT2D eigenvalue weighted by atomic mass is 16.6. The Hall–Kier alpha value is -3.61. The van der Waals surface area contributed by atoms with Crippen molar-refractivity contribution in [1.29, 1.82) is 0 Å². The molecule has 0 aliphatic carbocycles. The van der Waals surface area contributed by atoms with E-state index in [9.17, 15) is 9.59 Å². The highest BCUT2D eigenvalue weighted by Crippen LogP contribution is 2.25. The number of benzene rings is 2. The van der Waals surface area contributed by atoms with Crippen molar-refractivity contribution in [3.05, 3.63) is 72.1 Å². The first-order valence-electron chi connectivity index (χ1n) is 8.80. The van der Waals surface area contributed by atoms with Crippen LogP contribution in [0.1, 0.15) is 11.3 Å². The van der Waals surface area contributed by atoms with Gasteiger partial charge in [0.2, 0.25) is 0 Å². The van der Waals surface area contributed by atoms with Gasteiger partial charge in [0.15, 0.2) is 0 Å². The second-order valence-electron chi connectivity index (χ2n) is 6.48. The highest BCUT2D eigenvalue weighted by molar-refractivity contribution is 6.11. The third kappa shape index (κ3) is 4.20. The Morgan fingerprint density at radius 3 is 2.29 bits per heavy atom. The van der Waals surface area contributed by atoms with Crippen molar-refractivity contribution in [1.82, 2.24) is 15.1 Å². The predicted octanol–water partition coefficient (Wildman–Crippen LogP) is 4.21. The number of hydrogen-bond donors (Lipinski definition) is 1. The molecular formula is C21H22N4O3. The molecule has 1 N–H and O–H groups in total. The van der Waals surface area contributed by atoms with Gasteiger partial charge in [-0.2, -0.15) is 10.00 Å². The Bertz CT molecular complexity index is 949. The molecule has 144 valence electrons. The number of hydrogen-bond acceptors (Lipinski definition) is 4. The second kappa shape index (κ2) is 8.39. The number of ether oxygens (including phenoxy) is 1. The van der Waals surface area contributed by atoms with Gasteiger partial charge in [-0.3, -0.25) is 5.10 Å². The average Bonchev–Trinajstić information content (AvgIpc) is 3.13. The summed E-state index contributed by atoms with van der Waals surface area (Å²) < 4.78 is 5.36. The Balaban J connectivity index is 1.82. The second-order valence-corrected chi connectivity index (χ2v) is 6.48. The van der Waals surface area contributed by atoms with Crippen molar-refractivity contribution in [3.8, 4) is 11.1 Å². The molecule has 3 amide bonds. The fourth-order valence-corrected chi connectivity index (χ4v) is 2.72. The molecule has 7 nitrogen and oxygen atoms in total. The molecule has 28 heavy (non-hydrogen) atoms. The maximum absolute atomic E-state index is 12.7. The summed E-state index contributed by atoms with van der Waals surface area (Å²) in [4.78, 5) is 27.6. The number of aromatic amines is 1. The fraction of sp³-hybridized carbons (Fsp3) is 0.190. The molecule has 0 aliphatic heterocycles. The fourth-order valence-electron chi connectivity index (χ4n) is 2.72. The molecule has 0 unspecified atom stereocenters. The lowest BCUT2D eigenvalue weighted by Crippen LogP contribution is -2.43. The van der Waals surface area contributed by atoms with Crippen molar-refractivity contribution in [3.63, 3.8) is 0 Å². The lowest BCUT2D eigenvalue weighted by Gasteiger charge is -2.24. The number of imide groups is 1. The molecular weight excluding hydrogens is 356 g/mol. The normalized spacial score (nSPS) is 10.4. The number of amides is 3. The maximum Gasteiger partial charge on any atom is 0.423 e. The van der Waals surface area contributed by atoms with Crippen molar-refractivity contribution < 1.29 is 14.3 Å². The number of urea groups is 1. The van der Waals surface area contributed by atoms with Crippen LogP contribution in [0, 0.1) is 6.92 Å². The zero-order valence-corrected chi connectivity index (χ0v) is 16.0. The Morgan fingerprint density at radius 1 is 1.04 bits per heavy atom. The Kier molecular flexibility index (Phi) is 5.74. The van der Waals surface area contributed by atoms with Crippen LogP contribution in [0.15, 0.2) is 60.8 Å². The maximum atomic E-state index is 12.7. The Labute approximate surface area is 163 Å². The average molecular weight is 378 g/mol. The van der Waals surface area contributed by atoms with Crippen LogP contribution in [0.25, 0.3) is 11.1 Å². The van der Waals surface area contributed by atoms with E-state index in [-0.39, 0.29) is 6.61 Å². The number of carbonyl (C=O) groups excluding carboxylic acids is 2. The lowest BCUT2D eigenvalue weighted by molar-refractivity contribution is 0.145. The van der Waals surface area contributed by atoms with Crippen molar-refractivity contribution in [2.45, 2.75) is 13.5 Å². The number of aromatic nitrogens is 2. The third-order valence-electron chi connectivity index (χ3n) is 4.23. The van der Waals surface area contributed by atoms with E-state index in [1.165, 1.54) is 4.90 Å². The number of nitrogens with one attached hydrogen (secondary N) is 1. The standard InChI is InChI=1S/C21H22N4O3/c1-15-19(13-22-23-15)17-9-11-18(12-10-17)25(20(26)24(2)3)21(27)28-14-16-7-5-4-6-8-16/h4-13H,14H2,1-3H3,(H,22,23). The summed E-state index contributed by atoms with van der Waals surface area (Å²) in [5.74, 6) is 0. The first-order valence-corrected chi connectivity index (χ1v) is 8.80. The van der Waals surface area contributed by atoms with Crippen LogP contribution < -0.4 is 4.90 Å². The van der Waals surface area contributed by atoms with Gasteiger partial charge >= 0.3 is 12.1 Å². The monoisotopic (exact) mass is 378 g/mol. The summed E-state index contributed by atoms with van der Waals surface area (Å²) in [5.41, 5.74) is 4.05. The van der Waals surface area contributed by atoms with Crippen molar-refractivity contribution in [2.75, 3.05) is 19.0 Å². The van der Waals surface area contributed by atoms with Gasteiger partial charge in [0, 0.05) is 25.9 Å². The van der Waals surface area contributed by atoms with Gasteiger partial charge in [-0.25, -0.2) is 9.59 Å². The largest absolute Gasteiger partial charge is 0.444 e. The third-order valence-corrected chi connectivity index (χ3v) is 4.23. The topological polar surface area (TPSA) is 78.5 Å². The Morgan fingerprint density at radius 2 is 1.71 bits per heavy atom. The molecule has 0 saturated carbocycles. The molecule has 0 atom stereocenters. The molecule has 3 rings (SSSR count). The van der Waals surface area contributed by atoms with Gasteiger partial charge in [0.25, 0.3) is 0 Å². The molecule has 7 heteroatoms. The number of rotatable bonds is 4. The number of anilines is 1. The predicted molar refractivity (Wildman–Crippen MR) is 107 cm³/mol. The molecule has 0 aliphatic rings. The van der Waals surface area contributed by atoms with Crippen molar-refractivity contribution in [2.24, 2.45) is 0 Å². The summed E-state index contributed by atoms with van der Waals surface area (Å²) >= 11 is 0. The molecule has 0 spiro atoms. The first kappa shape index (κ1) is 19.2. The van der Waals surface area contributed by atoms with E-state index in [0.717, 1.165) is 27.3 Å². The van der Waals surface area contributed by atoms with Gasteiger partial charge in [-0.1, -0.05) is 42.5 Å². The molecule has 0 radical (unpaired) electrons. The highest BCUT2D eigenvalue weighted by Gasteiger charge is 2.26. The molecule has 2 aromatic carbocycles. The molecule has 3 aromatic rings. The van der Waals surface area contributed by atoms with Gasteiger partial charge in [0.1, 0.15) is 6.61 Å². The zero-order valence-electron chi connectivity index (χ0n) is 16.0. The lowest BCUT2D eigenvalue weighted by atomic mass is 10.1. The van der Waals surface area contributed by atoms with Crippen LogP contribution in [-0.2, 0) is 11.3 Å². The number of aryl methyl sites for hydroxylation is 1. The van der Waals surface area contributed by atoms with E-state index in [0.29, 0.717) is 5.69 Å². The van der Waals surface area contributed by atoms with Crippen LogP contribution in [0.4, 0.5) is 15.3 Å². The summed E-state index contributed by atoms with van der Waals surface area (Å²) in [7, 11) is 3.17. The van der Waals surface area contributed by atoms with Crippen LogP contribution in [0.5, 0.6) is 0 Å². The molecule has 0 fully saturated rings. The van der Waals surface area contributed by atoms with Gasteiger partial charge in [-0.15, -0.1) is 0 Å².